The van der Waals surface area contributed by atoms with Crippen LogP contribution >= 0.6 is 0 Å². The molecule has 0 aromatic carbocycles. The molecule has 0 heterocycles. The minimum absolute atomic E-state index is 0.0346. The second-order valence-electron chi connectivity index (χ2n) is 5.12. The van der Waals surface area contributed by atoms with Gasteiger partial charge in [0.1, 0.15) is 0 Å². The maximum absolute atomic E-state index is 12.5. The number of carboxylic acids is 1. The van der Waals surface area contributed by atoms with Crippen molar-refractivity contribution in [3.8, 4) is 0 Å². The number of ketones is 2. The Bertz CT molecular complexity index is 683. The largest absolute Gasteiger partial charge is 0.489 e. The van der Waals surface area contributed by atoms with Gasteiger partial charge in [0.15, 0.2) is 0 Å². The molecular weight excluding hydrogens is 336 g/mol. The van der Waals surface area contributed by atoms with Crippen molar-refractivity contribution in [2.45, 2.75) is 19.8 Å². The van der Waals surface area contributed by atoms with Crippen molar-refractivity contribution in [3.63, 3.8) is 0 Å². The van der Waals surface area contributed by atoms with Crippen LogP contribution in [0.25, 0.3) is 0 Å². The summed E-state index contributed by atoms with van der Waals surface area (Å²) in [5.74, 6) is -2.43. The van der Waals surface area contributed by atoms with Crippen LogP contribution in [0, 0.1) is 0 Å². The second kappa shape index (κ2) is 8.58. The summed E-state index contributed by atoms with van der Waals surface area (Å²) in [6.07, 6.45) is 3.24. The molecule has 0 fully saturated rings. The Morgan fingerprint density at radius 3 is 2.17 bits per heavy atom. The number of ether oxygens (including phenoxy) is 2. The minimum atomic E-state index is -1.20. The normalized spacial score (nSPS) is 17.2. The highest BCUT2D eigenvalue weighted by Gasteiger charge is 2.34. The number of methoxy groups -OCH3 is 2. The van der Waals surface area contributed by atoms with Gasteiger partial charge in [-0.05, 0) is 25.8 Å². The van der Waals surface area contributed by atoms with E-state index in [1.807, 2.05) is 0 Å². The number of carbonyl (C=O) groups is 3. The Hall–Kier alpha value is -2.22. The maximum atomic E-state index is 12.5. The van der Waals surface area contributed by atoms with E-state index < -0.39 is 28.3 Å². The molecule has 1 N–H and O–H groups in total. The smallest absolute Gasteiger partial charge is 0.331 e. The summed E-state index contributed by atoms with van der Waals surface area (Å²) in [4.78, 5) is 36.1. The summed E-state index contributed by atoms with van der Waals surface area (Å²) >= 11 is 0. The molecule has 1 unspecified atom stereocenters. The highest BCUT2D eigenvalue weighted by molar-refractivity contribution is 7.84. The molecule has 0 bridgehead atoms. The van der Waals surface area contributed by atoms with Crippen molar-refractivity contribution >= 4 is 28.3 Å². The summed E-state index contributed by atoms with van der Waals surface area (Å²) in [5.41, 5.74) is 0.0235. The average molecular weight is 356 g/mol. The number of allylic oxidation sites excluding steroid dienone is 3. The van der Waals surface area contributed by atoms with E-state index in [2.05, 4.69) is 0 Å². The molecule has 8 heteroatoms. The molecule has 1 aliphatic carbocycles. The van der Waals surface area contributed by atoms with Crippen LogP contribution in [0.2, 0.25) is 0 Å². The Morgan fingerprint density at radius 1 is 1.17 bits per heavy atom. The van der Waals surface area contributed by atoms with Crippen LogP contribution in [0.1, 0.15) is 19.8 Å². The van der Waals surface area contributed by atoms with E-state index in [0.717, 1.165) is 0 Å². The monoisotopic (exact) mass is 356 g/mol. The van der Waals surface area contributed by atoms with E-state index in [4.69, 9.17) is 9.47 Å². The van der Waals surface area contributed by atoms with Crippen molar-refractivity contribution in [2.24, 2.45) is 0 Å². The van der Waals surface area contributed by atoms with Gasteiger partial charge in [0.05, 0.1) is 14.2 Å². The molecule has 0 saturated heterocycles. The lowest BCUT2D eigenvalue weighted by Gasteiger charge is -2.19. The Labute approximate surface area is 142 Å². The van der Waals surface area contributed by atoms with E-state index in [0.29, 0.717) is 12.2 Å². The first-order valence-corrected chi connectivity index (χ1v) is 8.83. The highest BCUT2D eigenvalue weighted by atomic mass is 32.2. The van der Waals surface area contributed by atoms with Gasteiger partial charge in [0, 0.05) is 39.5 Å². The lowest BCUT2D eigenvalue weighted by molar-refractivity contribution is -0.132. The molecule has 0 saturated carbocycles. The molecular formula is C16H20O7S. The summed E-state index contributed by atoms with van der Waals surface area (Å²) in [7, 11) is 1.45. The fraction of sp³-hybridized carbons (Fsp3) is 0.438. The van der Waals surface area contributed by atoms with Crippen LogP contribution in [-0.4, -0.2) is 53.1 Å². The van der Waals surface area contributed by atoms with E-state index in [9.17, 15) is 23.7 Å². The molecule has 0 radical (unpaired) electrons. The van der Waals surface area contributed by atoms with Crippen LogP contribution in [0.15, 0.2) is 34.3 Å². The number of Topliss-reactive ketones (excluding diaryl/α,β-unsaturated/α-hetero) is 2. The van der Waals surface area contributed by atoms with Gasteiger partial charge >= 0.3 is 5.97 Å². The molecule has 24 heavy (non-hydrogen) atoms. The summed E-state index contributed by atoms with van der Waals surface area (Å²) in [6, 6.07) is 0. The molecule has 0 spiro atoms. The molecule has 0 aromatic rings. The van der Waals surface area contributed by atoms with Gasteiger partial charge in [-0.25, -0.2) is 4.79 Å². The number of rotatable bonds is 8. The highest BCUT2D eigenvalue weighted by Crippen LogP contribution is 2.27. The SMILES string of the molecule is COC1=C(OC)C(=O)C(/C=C(\CCCS(C)=O)C(=O)O)=C(C)C1=O. The van der Waals surface area contributed by atoms with Gasteiger partial charge in [-0.3, -0.25) is 13.8 Å². The average Bonchev–Trinajstić information content (AvgIpc) is 2.52. The van der Waals surface area contributed by atoms with Crippen LogP contribution in [0.5, 0.6) is 0 Å². The predicted octanol–water partition coefficient (Wildman–Crippen LogP) is 1.13. The minimum Gasteiger partial charge on any atom is -0.489 e. The topological polar surface area (TPSA) is 107 Å². The van der Waals surface area contributed by atoms with Gasteiger partial charge in [0.2, 0.25) is 23.1 Å². The first kappa shape index (κ1) is 19.8. The van der Waals surface area contributed by atoms with E-state index in [1.54, 1.807) is 0 Å². The van der Waals surface area contributed by atoms with E-state index in [1.165, 1.54) is 33.5 Å². The molecule has 1 rings (SSSR count). The zero-order valence-corrected chi connectivity index (χ0v) is 14.8. The zero-order valence-electron chi connectivity index (χ0n) is 14.0. The summed E-state index contributed by atoms with van der Waals surface area (Å²) in [5, 5.41) is 9.30. The van der Waals surface area contributed by atoms with Crippen molar-refractivity contribution in [1.82, 2.24) is 0 Å². The molecule has 1 aliphatic rings. The predicted molar refractivity (Wildman–Crippen MR) is 87.6 cm³/mol. The van der Waals surface area contributed by atoms with E-state index >= 15 is 0 Å². The van der Waals surface area contributed by atoms with Gasteiger partial charge in [-0.15, -0.1) is 0 Å². The van der Waals surface area contributed by atoms with Crippen molar-refractivity contribution in [2.75, 3.05) is 26.2 Å². The van der Waals surface area contributed by atoms with Crippen molar-refractivity contribution in [1.29, 1.82) is 0 Å². The summed E-state index contributed by atoms with van der Waals surface area (Å²) in [6.45, 7) is 1.43. The Balaban J connectivity index is 3.24. The third-order valence-corrected chi connectivity index (χ3v) is 4.35. The van der Waals surface area contributed by atoms with Crippen LogP contribution in [0.3, 0.4) is 0 Å². The molecule has 0 aliphatic heterocycles. The Morgan fingerprint density at radius 2 is 1.71 bits per heavy atom. The summed E-state index contributed by atoms with van der Waals surface area (Å²) < 4.78 is 20.9. The number of hydrogen-bond acceptors (Lipinski definition) is 6. The second-order valence-corrected chi connectivity index (χ2v) is 6.67. The lowest BCUT2D eigenvalue weighted by atomic mass is 9.91. The first-order chi connectivity index (χ1) is 11.2. The Kier molecular flexibility index (Phi) is 7.09. The third-order valence-electron chi connectivity index (χ3n) is 3.49. The molecule has 7 nitrogen and oxygen atoms in total. The number of carbonyl (C=O) groups excluding carboxylic acids is 2. The van der Waals surface area contributed by atoms with Gasteiger partial charge in [-0.1, -0.05) is 0 Å². The zero-order chi connectivity index (χ0) is 18.4. The van der Waals surface area contributed by atoms with Crippen LogP contribution in [-0.2, 0) is 34.7 Å². The molecule has 132 valence electrons. The number of carboxylic acid groups (broad SMARTS) is 1. The third kappa shape index (κ3) is 4.41. The van der Waals surface area contributed by atoms with Crippen LogP contribution < -0.4 is 0 Å². The fourth-order valence-electron chi connectivity index (χ4n) is 2.22. The number of aliphatic carboxylic acids is 1. The quantitative estimate of drug-likeness (QED) is 0.513. The maximum Gasteiger partial charge on any atom is 0.331 e. The molecule has 0 aromatic heterocycles. The van der Waals surface area contributed by atoms with E-state index in [-0.39, 0.29) is 34.7 Å². The lowest BCUT2D eigenvalue weighted by Crippen LogP contribution is -2.24. The fourth-order valence-corrected chi connectivity index (χ4v) is 2.77. The standard InChI is InChI=1S/C16H20O7S/c1-9-11(8-10(16(19)20)6-5-7-24(4)21)13(18)15(23-3)14(22-2)12(9)17/h8H,5-7H2,1-4H3,(H,19,20)/b10-8+. The van der Waals surface area contributed by atoms with Gasteiger partial charge in [0.25, 0.3) is 0 Å². The molecule has 1 atom stereocenters. The molecule has 0 amide bonds. The number of hydrogen-bond donors (Lipinski definition) is 1. The van der Waals surface area contributed by atoms with Crippen molar-refractivity contribution < 1.29 is 33.2 Å². The first-order valence-electron chi connectivity index (χ1n) is 7.11. The van der Waals surface area contributed by atoms with Crippen molar-refractivity contribution in [3.05, 3.63) is 34.3 Å². The van der Waals surface area contributed by atoms with Crippen LogP contribution in [0.4, 0.5) is 0 Å². The van der Waals surface area contributed by atoms with Gasteiger partial charge in [-0.2, -0.15) is 0 Å². The van der Waals surface area contributed by atoms with Gasteiger partial charge < -0.3 is 14.6 Å².